The van der Waals surface area contributed by atoms with E-state index in [0.29, 0.717) is 39.9 Å². The summed E-state index contributed by atoms with van der Waals surface area (Å²) in [5.74, 6) is 2.65. The fourth-order valence-corrected chi connectivity index (χ4v) is 3.52. The molecule has 2 N–H and O–H groups in total. The van der Waals surface area contributed by atoms with Crippen LogP contribution < -0.4 is 24.6 Å². The van der Waals surface area contributed by atoms with Crippen LogP contribution >= 0.6 is 15.9 Å². The molecule has 10 nitrogen and oxygen atoms in total. The number of benzene rings is 2. The zero-order chi connectivity index (χ0) is 28.1. The maximum atomic E-state index is 9.08. The normalized spacial score (nSPS) is 9.39. The van der Waals surface area contributed by atoms with E-state index in [9.17, 15) is 0 Å². The van der Waals surface area contributed by atoms with Crippen molar-refractivity contribution in [3.63, 3.8) is 0 Å². The van der Waals surface area contributed by atoms with Gasteiger partial charge in [0.25, 0.3) is 0 Å². The van der Waals surface area contributed by atoms with Crippen LogP contribution in [-0.4, -0.2) is 45.6 Å². The van der Waals surface area contributed by atoms with Crippen LogP contribution in [-0.2, 0) is 0 Å². The Kier molecular flexibility index (Phi) is 11.8. The van der Waals surface area contributed by atoms with E-state index in [4.69, 9.17) is 43.9 Å². The Hall–Kier alpha value is -4.36. The molecule has 0 amide bonds. The molecule has 2 aromatic carbocycles. The summed E-state index contributed by atoms with van der Waals surface area (Å²) in [6, 6.07) is 17.7. The fraction of sp³-hybridized carbons (Fsp3) is 0.154. The Morgan fingerprint density at radius 1 is 0.763 bits per heavy atom. The molecular weight excluding hydrogens is 559 g/mol. The number of furan rings is 2. The summed E-state index contributed by atoms with van der Waals surface area (Å²) in [7, 11) is 4.60. The Labute approximate surface area is 228 Å². The van der Waals surface area contributed by atoms with Crippen LogP contribution in [0.5, 0.6) is 23.0 Å². The minimum atomic E-state index is -1.48. The first-order chi connectivity index (χ1) is 18.3. The molecule has 38 heavy (non-hydrogen) atoms. The highest BCUT2D eigenvalue weighted by Crippen LogP contribution is 2.36. The van der Waals surface area contributed by atoms with Gasteiger partial charge in [0.1, 0.15) is 23.6 Å². The lowest BCUT2D eigenvalue weighted by Gasteiger charge is -2.10. The standard InChI is InChI=1S/C13H11NO3.C9H8BrNO2.C4H5BO3/c1-15-12-7-9(11-4-3-5-17-11)6-10(8-14)13(12)16-2;1-12-8-4-7(10)3-6(5-11)9(8)13-2;6-5(7)4-2-1-3-8-4/h3-7H,1-2H3;3-4H,1-2H3;1-3,6-7H. The van der Waals surface area contributed by atoms with Crippen LogP contribution in [0.25, 0.3) is 11.3 Å². The van der Waals surface area contributed by atoms with Crippen molar-refractivity contribution in [1.29, 1.82) is 10.5 Å². The van der Waals surface area contributed by atoms with Gasteiger partial charge in [0.2, 0.25) is 0 Å². The summed E-state index contributed by atoms with van der Waals surface area (Å²) in [4.78, 5) is 0. The van der Waals surface area contributed by atoms with E-state index in [1.165, 1.54) is 40.8 Å². The summed E-state index contributed by atoms with van der Waals surface area (Å²) in [6.07, 6.45) is 2.97. The first-order valence-electron chi connectivity index (χ1n) is 10.7. The Balaban J connectivity index is 0.000000214. The van der Waals surface area contributed by atoms with E-state index in [-0.39, 0.29) is 5.66 Å². The highest BCUT2D eigenvalue weighted by molar-refractivity contribution is 9.10. The maximum Gasteiger partial charge on any atom is 0.526 e. The largest absolute Gasteiger partial charge is 0.526 e. The summed E-state index contributed by atoms with van der Waals surface area (Å²) < 4.78 is 31.1. The van der Waals surface area contributed by atoms with Crippen LogP contribution in [0.3, 0.4) is 0 Å². The zero-order valence-electron chi connectivity index (χ0n) is 21.0. The second-order valence-corrected chi connectivity index (χ2v) is 7.95. The van der Waals surface area contributed by atoms with Crippen molar-refractivity contribution >= 4 is 28.7 Å². The van der Waals surface area contributed by atoms with Crippen molar-refractivity contribution in [2.24, 2.45) is 0 Å². The van der Waals surface area contributed by atoms with Crippen LogP contribution in [0.4, 0.5) is 0 Å². The molecule has 2 heterocycles. The molecule has 12 heteroatoms. The highest BCUT2D eigenvalue weighted by atomic mass is 79.9. The third-order valence-electron chi connectivity index (χ3n) is 4.77. The first kappa shape index (κ1) is 29.9. The average molecular weight is 583 g/mol. The van der Waals surface area contributed by atoms with Crippen molar-refractivity contribution in [3.05, 3.63) is 76.7 Å². The first-order valence-corrected chi connectivity index (χ1v) is 11.5. The van der Waals surface area contributed by atoms with Gasteiger partial charge >= 0.3 is 7.12 Å². The van der Waals surface area contributed by atoms with Gasteiger partial charge in [-0.2, -0.15) is 10.5 Å². The van der Waals surface area contributed by atoms with Crippen molar-refractivity contribution < 1.29 is 37.8 Å². The third kappa shape index (κ3) is 7.82. The lowest BCUT2D eigenvalue weighted by atomic mass is 9.88. The van der Waals surface area contributed by atoms with Gasteiger partial charge in [0.05, 0.1) is 52.1 Å². The van der Waals surface area contributed by atoms with Crippen LogP contribution in [0.1, 0.15) is 11.1 Å². The topological polar surface area (TPSA) is 151 Å². The smallest absolute Gasteiger partial charge is 0.493 e. The molecule has 0 aliphatic carbocycles. The van der Waals surface area contributed by atoms with Gasteiger partial charge in [-0.25, -0.2) is 0 Å². The lowest BCUT2D eigenvalue weighted by Crippen LogP contribution is -2.27. The molecule has 196 valence electrons. The fourth-order valence-electron chi connectivity index (χ4n) is 3.08. The van der Waals surface area contributed by atoms with Crippen molar-refractivity contribution in [3.8, 4) is 46.5 Å². The molecule has 0 aliphatic rings. The van der Waals surface area contributed by atoms with Crippen LogP contribution in [0.2, 0.25) is 0 Å². The number of hydrogen-bond donors (Lipinski definition) is 2. The van der Waals surface area contributed by atoms with E-state index in [0.717, 1.165) is 10.0 Å². The number of nitriles is 2. The van der Waals surface area contributed by atoms with Gasteiger partial charge in [0, 0.05) is 10.0 Å². The molecule has 0 saturated heterocycles. The summed E-state index contributed by atoms with van der Waals surface area (Å²) in [5, 5.41) is 34.6. The zero-order valence-corrected chi connectivity index (χ0v) is 22.6. The molecule has 0 radical (unpaired) electrons. The lowest BCUT2D eigenvalue weighted by molar-refractivity contribution is 0.354. The average Bonchev–Trinajstić information content (AvgIpc) is 3.67. The summed E-state index contributed by atoms with van der Waals surface area (Å²) in [6.45, 7) is 0. The quantitative estimate of drug-likeness (QED) is 0.317. The molecule has 4 aromatic rings. The highest BCUT2D eigenvalue weighted by Gasteiger charge is 2.14. The number of nitrogens with zero attached hydrogens (tertiary/aromatic N) is 2. The van der Waals surface area contributed by atoms with Gasteiger partial charge in [-0.3, -0.25) is 0 Å². The molecule has 0 unspecified atom stereocenters. The van der Waals surface area contributed by atoms with Gasteiger partial charge in [-0.05, 0) is 48.5 Å². The van der Waals surface area contributed by atoms with Gasteiger partial charge in [-0.1, -0.05) is 15.9 Å². The maximum absolute atomic E-state index is 9.08. The van der Waals surface area contributed by atoms with E-state index < -0.39 is 7.12 Å². The minimum absolute atomic E-state index is 0.171. The van der Waals surface area contributed by atoms with Crippen molar-refractivity contribution in [2.45, 2.75) is 0 Å². The molecule has 0 aliphatic heterocycles. The number of methoxy groups -OCH3 is 4. The molecule has 0 fully saturated rings. The number of hydrogen-bond acceptors (Lipinski definition) is 10. The van der Waals surface area contributed by atoms with Gasteiger partial charge < -0.3 is 37.8 Å². The predicted molar refractivity (Wildman–Crippen MR) is 142 cm³/mol. The molecule has 0 atom stereocenters. The minimum Gasteiger partial charge on any atom is -0.493 e. The number of rotatable bonds is 6. The second kappa shape index (κ2) is 15.0. The summed E-state index contributed by atoms with van der Waals surface area (Å²) in [5.41, 5.74) is 1.82. The number of ether oxygens (including phenoxy) is 4. The Morgan fingerprint density at radius 3 is 1.74 bits per heavy atom. The van der Waals surface area contributed by atoms with Crippen molar-refractivity contribution in [2.75, 3.05) is 28.4 Å². The Morgan fingerprint density at radius 2 is 1.32 bits per heavy atom. The number of halogens is 1. The monoisotopic (exact) mass is 582 g/mol. The van der Waals surface area contributed by atoms with E-state index >= 15 is 0 Å². The van der Waals surface area contributed by atoms with Crippen LogP contribution in [0, 0.1) is 22.7 Å². The SMILES string of the molecule is COc1cc(-c2ccco2)cc(C#N)c1OC.COc1cc(Br)cc(C#N)c1OC.OB(O)c1ccco1. The molecule has 0 bridgehead atoms. The molecule has 0 spiro atoms. The van der Waals surface area contributed by atoms with E-state index in [1.54, 1.807) is 42.7 Å². The van der Waals surface area contributed by atoms with E-state index in [1.807, 2.05) is 12.1 Å². The Bertz CT molecular complexity index is 1380. The van der Waals surface area contributed by atoms with Crippen molar-refractivity contribution in [1.82, 2.24) is 0 Å². The predicted octanol–water partition coefficient (Wildman–Crippen LogP) is 4.13. The van der Waals surface area contributed by atoms with Gasteiger partial charge in [-0.15, -0.1) is 0 Å². The molecule has 4 rings (SSSR count). The molecular formula is C26H24BBrN2O8. The molecule has 2 aromatic heterocycles. The second-order valence-electron chi connectivity index (χ2n) is 7.04. The third-order valence-corrected chi connectivity index (χ3v) is 5.22. The van der Waals surface area contributed by atoms with Crippen LogP contribution in [0.15, 0.2) is 74.4 Å². The van der Waals surface area contributed by atoms with E-state index in [2.05, 4.69) is 26.4 Å². The summed E-state index contributed by atoms with van der Waals surface area (Å²) >= 11 is 3.27. The van der Waals surface area contributed by atoms with Gasteiger partial charge in [0.15, 0.2) is 23.0 Å². The molecule has 0 saturated carbocycles.